The molecule has 3 aromatic carbocycles. The summed E-state index contributed by atoms with van der Waals surface area (Å²) >= 11 is 0. The van der Waals surface area contributed by atoms with Crippen LogP contribution in [0.3, 0.4) is 0 Å². The minimum absolute atomic E-state index is 0.00216. The fourth-order valence-electron chi connectivity index (χ4n) is 9.08. The third kappa shape index (κ3) is 4.57. The lowest BCUT2D eigenvalue weighted by Crippen LogP contribution is -2.51. The molecular formula is C34H31F5N6O4. The fraction of sp³-hybridized carbons (Fsp3) is 0.471. The largest absolute Gasteiger partial charge is 0.508 e. The molecule has 0 radical (unpaired) electrons. The topological polar surface area (TPSA) is 117 Å². The maximum atomic E-state index is 17.0. The molecule has 2 bridgehead atoms. The van der Waals surface area contributed by atoms with Gasteiger partial charge in [-0.3, -0.25) is 15.0 Å². The number of piperazine rings is 1. The number of rotatable bonds is 6. The molecule has 49 heavy (non-hydrogen) atoms. The van der Waals surface area contributed by atoms with Gasteiger partial charge in [0.05, 0.1) is 26.8 Å². The number of alkyl halides is 2. The van der Waals surface area contributed by atoms with Crippen LogP contribution < -0.4 is 15.0 Å². The third-order valence-electron chi connectivity index (χ3n) is 11.4. The van der Waals surface area contributed by atoms with Gasteiger partial charge >= 0.3 is 6.01 Å². The number of nitrogens with zero attached hydrogens (tertiary/aromatic N) is 5. The van der Waals surface area contributed by atoms with Crippen LogP contribution >= 0.6 is 0 Å². The van der Waals surface area contributed by atoms with Crippen molar-refractivity contribution in [1.82, 2.24) is 20.2 Å². The van der Waals surface area contributed by atoms with Crippen LogP contribution in [0.2, 0.25) is 0 Å². The van der Waals surface area contributed by atoms with E-state index < -0.39 is 67.2 Å². The van der Waals surface area contributed by atoms with Crippen molar-refractivity contribution in [3.05, 3.63) is 57.9 Å². The summed E-state index contributed by atoms with van der Waals surface area (Å²) in [6.45, 7) is 1.89. The van der Waals surface area contributed by atoms with Crippen LogP contribution in [-0.2, 0) is 0 Å². The van der Waals surface area contributed by atoms with E-state index in [-0.39, 0.29) is 66.2 Å². The Kier molecular flexibility index (Phi) is 6.46. The van der Waals surface area contributed by atoms with Gasteiger partial charge < -0.3 is 20.1 Å². The van der Waals surface area contributed by atoms with E-state index in [1.165, 1.54) is 6.07 Å². The van der Waals surface area contributed by atoms with Gasteiger partial charge in [0.15, 0.2) is 17.5 Å². The minimum atomic E-state index is -2.73. The van der Waals surface area contributed by atoms with E-state index in [4.69, 9.17) is 4.74 Å². The zero-order chi connectivity index (χ0) is 34.0. The van der Waals surface area contributed by atoms with E-state index in [1.54, 1.807) is 0 Å². The maximum Gasteiger partial charge on any atom is 0.319 e. The summed E-state index contributed by atoms with van der Waals surface area (Å²) in [5, 5.41) is 26.1. The highest BCUT2D eigenvalue weighted by Gasteiger charge is 2.77. The normalized spacial score (nSPS) is 28.6. The molecule has 10 nitrogen and oxygen atoms in total. The number of nitro groups is 1. The highest BCUT2D eigenvalue weighted by Crippen LogP contribution is 2.69. The number of hydrogen-bond acceptors (Lipinski definition) is 9. The average Bonchev–Trinajstić information content (AvgIpc) is 3.38. The first-order valence-corrected chi connectivity index (χ1v) is 16.4. The molecule has 4 atom stereocenters. The summed E-state index contributed by atoms with van der Waals surface area (Å²) in [4.78, 5) is 24.8. The predicted octanol–water partition coefficient (Wildman–Crippen LogP) is 6.06. The Labute approximate surface area is 276 Å². The summed E-state index contributed by atoms with van der Waals surface area (Å²) in [6, 6.07) is 5.25. The van der Waals surface area contributed by atoms with Crippen LogP contribution in [0.4, 0.5) is 33.5 Å². The number of phenolic OH excluding ortho intramolecular Hbond substituents is 1. The minimum Gasteiger partial charge on any atom is -0.508 e. The second-order valence-electron chi connectivity index (χ2n) is 14.4. The lowest BCUT2D eigenvalue weighted by Gasteiger charge is -2.34. The summed E-state index contributed by atoms with van der Waals surface area (Å²) in [5.74, 6) is -6.78. The van der Waals surface area contributed by atoms with Crippen LogP contribution in [-0.4, -0.2) is 81.2 Å². The molecule has 2 N–H and O–H groups in total. The molecule has 4 aliphatic heterocycles. The first-order valence-electron chi connectivity index (χ1n) is 16.4. The number of ether oxygens (including phenoxy) is 1. The van der Waals surface area contributed by atoms with E-state index in [9.17, 15) is 28.4 Å². The molecule has 1 aliphatic carbocycles. The summed E-state index contributed by atoms with van der Waals surface area (Å²) < 4.78 is 81.9. The van der Waals surface area contributed by atoms with Crippen molar-refractivity contribution in [1.29, 1.82) is 0 Å². The Bertz CT molecular complexity index is 2090. The van der Waals surface area contributed by atoms with E-state index in [2.05, 4.69) is 15.3 Å². The molecule has 9 rings (SSSR count). The molecule has 5 aliphatic rings. The van der Waals surface area contributed by atoms with Gasteiger partial charge in [0, 0.05) is 55.2 Å². The first-order chi connectivity index (χ1) is 23.4. The molecule has 1 saturated carbocycles. The number of nitro benzene ring substituents is 1. The second kappa shape index (κ2) is 10.3. The van der Waals surface area contributed by atoms with Crippen molar-refractivity contribution >= 4 is 33.2 Å². The van der Waals surface area contributed by atoms with Crippen LogP contribution in [0.1, 0.15) is 38.5 Å². The van der Waals surface area contributed by atoms with Gasteiger partial charge in [0.25, 0.3) is 11.6 Å². The zero-order valence-electron chi connectivity index (χ0n) is 26.1. The molecule has 0 amide bonds. The summed E-state index contributed by atoms with van der Waals surface area (Å²) in [7, 11) is 0. The van der Waals surface area contributed by atoms with Crippen LogP contribution in [0.25, 0.3) is 32.8 Å². The number of fused-ring (bicyclic) bond motifs is 5. The van der Waals surface area contributed by atoms with Gasteiger partial charge in [-0.15, -0.1) is 0 Å². The van der Waals surface area contributed by atoms with Crippen molar-refractivity contribution in [3.63, 3.8) is 0 Å². The maximum absolute atomic E-state index is 17.0. The third-order valence-corrected chi connectivity index (χ3v) is 11.4. The molecule has 5 heterocycles. The Morgan fingerprint density at radius 2 is 1.82 bits per heavy atom. The van der Waals surface area contributed by atoms with E-state index >= 15 is 8.78 Å². The number of aromatic nitrogens is 2. The number of hydrogen-bond donors (Lipinski definition) is 2. The average molecular weight is 683 g/mol. The molecule has 4 saturated heterocycles. The second-order valence-corrected chi connectivity index (χ2v) is 14.4. The predicted molar refractivity (Wildman–Crippen MR) is 168 cm³/mol. The molecule has 1 spiro atoms. The van der Waals surface area contributed by atoms with Crippen LogP contribution in [0.15, 0.2) is 30.3 Å². The number of anilines is 1. The summed E-state index contributed by atoms with van der Waals surface area (Å²) in [5.41, 5.74) is -3.95. The number of nitrogens with one attached hydrogen (secondary N) is 1. The molecule has 4 aromatic rings. The Morgan fingerprint density at radius 1 is 1.06 bits per heavy atom. The van der Waals surface area contributed by atoms with E-state index in [1.807, 2.05) is 9.80 Å². The van der Waals surface area contributed by atoms with Crippen molar-refractivity contribution in [2.45, 2.75) is 62.1 Å². The Balaban J connectivity index is 1.21. The first kappa shape index (κ1) is 30.7. The standard InChI is InChI=1S/C34H31F5N6O4/c35-23-5-2-17-8-20(46)9-21(25(17)27(23)36)26-24(45(47)48)10-22-29(28(26)37)41-31(42-30(22)43-11-18-3-4-19(12-43)40-18)49-16-33-6-1-7-44(33)15-32(13-33)14-34(32,38)39/h2,5,8-10,18-19,40,46H,1,3-4,6-7,11-16H2/t18-,19+,32-,33-/m0/s1. The number of benzene rings is 3. The highest BCUT2D eigenvalue weighted by atomic mass is 19.3. The lowest BCUT2D eigenvalue weighted by atomic mass is 9.89. The number of aromatic hydroxyl groups is 1. The monoisotopic (exact) mass is 682 g/mol. The number of halogens is 5. The van der Waals surface area contributed by atoms with Gasteiger partial charge in [-0.25, -0.2) is 22.0 Å². The van der Waals surface area contributed by atoms with Crippen LogP contribution in [0.5, 0.6) is 11.8 Å². The SMILES string of the molecule is O=[N+]([O-])c1cc2c(N3C[C@H]4CC[C@@H](C3)N4)nc(OC[C@@]34CCCN3C[C@@]3(CC3(F)F)C4)nc2c(F)c1-c1cc(O)cc2ccc(F)c(F)c12. The van der Waals surface area contributed by atoms with Crippen molar-refractivity contribution in [2.24, 2.45) is 5.41 Å². The van der Waals surface area contributed by atoms with E-state index in [0.717, 1.165) is 43.5 Å². The van der Waals surface area contributed by atoms with Gasteiger partial charge in [-0.2, -0.15) is 9.97 Å². The quantitative estimate of drug-likeness (QED) is 0.142. The number of phenols is 1. The molecule has 0 unspecified atom stereocenters. The molecule has 256 valence electrons. The fourth-order valence-corrected chi connectivity index (χ4v) is 9.08. The molecule has 1 aromatic heterocycles. The van der Waals surface area contributed by atoms with Gasteiger partial charge in [-0.1, -0.05) is 6.07 Å². The zero-order valence-corrected chi connectivity index (χ0v) is 26.1. The van der Waals surface area contributed by atoms with Crippen molar-refractivity contribution < 1.29 is 36.7 Å². The van der Waals surface area contributed by atoms with Crippen molar-refractivity contribution in [3.8, 4) is 22.9 Å². The molecule has 15 heteroatoms. The van der Waals surface area contributed by atoms with E-state index in [0.29, 0.717) is 26.1 Å². The Morgan fingerprint density at radius 3 is 2.53 bits per heavy atom. The molecule has 5 fully saturated rings. The molecular weight excluding hydrogens is 651 g/mol. The smallest absolute Gasteiger partial charge is 0.319 e. The van der Waals surface area contributed by atoms with Gasteiger partial charge in [-0.05, 0) is 62.2 Å². The Hall–Kier alpha value is -4.37. The van der Waals surface area contributed by atoms with Crippen molar-refractivity contribution in [2.75, 3.05) is 37.7 Å². The summed E-state index contributed by atoms with van der Waals surface area (Å²) in [6.07, 6.45) is 3.36. The van der Waals surface area contributed by atoms with Gasteiger partial charge in [0.1, 0.15) is 23.7 Å². The van der Waals surface area contributed by atoms with Crippen LogP contribution in [0, 0.1) is 33.0 Å². The highest BCUT2D eigenvalue weighted by molar-refractivity contribution is 6.04. The van der Waals surface area contributed by atoms with Gasteiger partial charge in [0.2, 0.25) is 0 Å². The lowest BCUT2D eigenvalue weighted by molar-refractivity contribution is -0.384.